The lowest BCUT2D eigenvalue weighted by atomic mass is 10.1. The van der Waals surface area contributed by atoms with Crippen LogP contribution in [0.3, 0.4) is 0 Å². The molecule has 28 heavy (non-hydrogen) atoms. The van der Waals surface area contributed by atoms with Crippen LogP contribution in [-0.4, -0.2) is 21.2 Å². The molecular formula is C20H18N4O2S2. The molecule has 142 valence electrons. The molecule has 0 fully saturated rings. The van der Waals surface area contributed by atoms with Gasteiger partial charge in [0, 0.05) is 33.9 Å². The van der Waals surface area contributed by atoms with E-state index in [1.54, 1.807) is 19.3 Å². The van der Waals surface area contributed by atoms with Crippen molar-refractivity contribution < 1.29 is 9.59 Å². The summed E-state index contributed by atoms with van der Waals surface area (Å²) >= 11 is 8.93. The third-order valence-electron chi connectivity index (χ3n) is 4.64. The molecule has 0 radical (unpaired) electrons. The van der Waals surface area contributed by atoms with E-state index >= 15 is 0 Å². The van der Waals surface area contributed by atoms with E-state index in [1.807, 2.05) is 48.5 Å². The lowest BCUT2D eigenvalue weighted by Gasteiger charge is -2.15. The van der Waals surface area contributed by atoms with Crippen LogP contribution in [0.15, 0.2) is 71.0 Å². The Labute approximate surface area is 172 Å². The summed E-state index contributed by atoms with van der Waals surface area (Å²) < 4.78 is 3.04. The fourth-order valence-electron chi connectivity index (χ4n) is 3.01. The van der Waals surface area contributed by atoms with Gasteiger partial charge in [-0.25, -0.2) is 0 Å². The summed E-state index contributed by atoms with van der Waals surface area (Å²) in [5.41, 5.74) is 5.44. The van der Waals surface area contributed by atoms with Gasteiger partial charge in [0.25, 0.3) is 11.8 Å². The maximum atomic E-state index is 12.6. The van der Waals surface area contributed by atoms with E-state index in [2.05, 4.69) is 36.1 Å². The van der Waals surface area contributed by atoms with E-state index in [1.165, 1.54) is 9.35 Å². The van der Waals surface area contributed by atoms with Crippen LogP contribution in [-0.2, 0) is 9.59 Å². The van der Waals surface area contributed by atoms with Crippen LogP contribution >= 0.6 is 25.3 Å². The SMILES string of the molecule is CC(C(=O)Nn1cc2ccccc2c1S)C(=O)Nn1cc2ccccc2c1S. The first-order valence-electron chi connectivity index (χ1n) is 8.65. The number of hydrogen-bond acceptors (Lipinski definition) is 4. The van der Waals surface area contributed by atoms with Crippen LogP contribution in [0.4, 0.5) is 0 Å². The van der Waals surface area contributed by atoms with Crippen LogP contribution in [0, 0.1) is 5.92 Å². The third kappa shape index (κ3) is 3.25. The topological polar surface area (TPSA) is 68.1 Å². The standard InChI is InChI=1S/C20H18N4O2S2/c1-12(17(25)21-23-10-13-6-2-4-8-15(13)19(23)27)18(26)22-24-11-14-7-3-5-9-16(14)20(24)28/h2-12,27-28H,1H3,(H,21,25)(H,22,26). The fraction of sp³-hybridized carbons (Fsp3) is 0.100. The highest BCUT2D eigenvalue weighted by Gasteiger charge is 2.23. The Bertz CT molecular complexity index is 1120. The number of fused-ring (bicyclic) bond motifs is 2. The van der Waals surface area contributed by atoms with Crippen LogP contribution in [0.1, 0.15) is 6.92 Å². The second-order valence-corrected chi connectivity index (χ2v) is 7.34. The number of carbonyl (C=O) groups excluding carboxylic acids is 2. The molecule has 2 amide bonds. The lowest BCUT2D eigenvalue weighted by molar-refractivity contribution is -0.129. The van der Waals surface area contributed by atoms with Crippen molar-refractivity contribution in [3.05, 3.63) is 60.9 Å². The molecule has 0 saturated heterocycles. The average Bonchev–Trinajstić information content (AvgIpc) is 3.18. The molecule has 2 heterocycles. The van der Waals surface area contributed by atoms with E-state index in [9.17, 15) is 9.59 Å². The number of nitrogens with one attached hydrogen (secondary N) is 2. The fourth-order valence-corrected chi connectivity index (χ4v) is 3.63. The number of carbonyl (C=O) groups is 2. The molecule has 0 aliphatic heterocycles. The van der Waals surface area contributed by atoms with Gasteiger partial charge < -0.3 is 0 Å². The Morgan fingerprint density at radius 1 is 0.786 bits per heavy atom. The summed E-state index contributed by atoms with van der Waals surface area (Å²) in [6, 6.07) is 15.3. The maximum absolute atomic E-state index is 12.6. The molecule has 2 aromatic carbocycles. The summed E-state index contributed by atoms with van der Waals surface area (Å²) in [4.78, 5) is 25.2. The quantitative estimate of drug-likeness (QED) is 0.306. The van der Waals surface area contributed by atoms with Crippen molar-refractivity contribution in [1.82, 2.24) is 9.35 Å². The second kappa shape index (κ2) is 7.29. The van der Waals surface area contributed by atoms with E-state index in [0.717, 1.165) is 21.5 Å². The van der Waals surface area contributed by atoms with E-state index in [4.69, 9.17) is 0 Å². The lowest BCUT2D eigenvalue weighted by Crippen LogP contribution is -2.37. The molecule has 0 bridgehead atoms. The predicted octanol–water partition coefficient (Wildman–Crippen LogP) is 3.65. The summed E-state index contributed by atoms with van der Waals surface area (Å²) in [5.74, 6) is -1.80. The van der Waals surface area contributed by atoms with Gasteiger partial charge in [-0.1, -0.05) is 48.5 Å². The van der Waals surface area contributed by atoms with E-state index in [0.29, 0.717) is 10.1 Å². The molecule has 0 aliphatic carbocycles. The number of hydrogen-bond donors (Lipinski definition) is 4. The van der Waals surface area contributed by atoms with Crippen LogP contribution in [0.25, 0.3) is 21.5 Å². The molecular weight excluding hydrogens is 392 g/mol. The normalized spacial score (nSPS) is 11.3. The van der Waals surface area contributed by atoms with Crippen molar-refractivity contribution in [3.63, 3.8) is 0 Å². The largest absolute Gasteiger partial charge is 0.272 e. The van der Waals surface area contributed by atoms with Gasteiger partial charge >= 0.3 is 0 Å². The molecule has 0 saturated carbocycles. The van der Waals surface area contributed by atoms with Crippen molar-refractivity contribution in [3.8, 4) is 0 Å². The van der Waals surface area contributed by atoms with Gasteiger partial charge in [0.15, 0.2) is 0 Å². The van der Waals surface area contributed by atoms with Gasteiger partial charge in [0.05, 0.1) is 0 Å². The second-order valence-electron chi connectivity index (χ2n) is 6.49. The number of amides is 2. The van der Waals surface area contributed by atoms with Crippen molar-refractivity contribution >= 4 is 58.6 Å². The van der Waals surface area contributed by atoms with Gasteiger partial charge in [-0.05, 0) is 6.92 Å². The minimum Gasteiger partial charge on any atom is -0.272 e. The van der Waals surface area contributed by atoms with Gasteiger partial charge in [-0.2, -0.15) is 0 Å². The molecule has 4 aromatic rings. The Morgan fingerprint density at radius 3 is 1.57 bits per heavy atom. The molecule has 4 rings (SSSR count). The molecule has 0 unspecified atom stereocenters. The molecule has 8 heteroatoms. The highest BCUT2D eigenvalue weighted by molar-refractivity contribution is 7.80. The first-order chi connectivity index (χ1) is 13.5. The van der Waals surface area contributed by atoms with Crippen LogP contribution < -0.4 is 10.9 Å². The Balaban J connectivity index is 1.50. The zero-order valence-corrected chi connectivity index (χ0v) is 16.7. The van der Waals surface area contributed by atoms with Crippen molar-refractivity contribution in [1.29, 1.82) is 0 Å². The van der Waals surface area contributed by atoms with Crippen LogP contribution in [0.5, 0.6) is 0 Å². The molecule has 2 aromatic heterocycles. The van der Waals surface area contributed by atoms with Crippen LogP contribution in [0.2, 0.25) is 0 Å². The molecule has 2 N–H and O–H groups in total. The summed E-state index contributed by atoms with van der Waals surface area (Å²) in [6.45, 7) is 1.55. The first kappa shape index (κ1) is 18.5. The van der Waals surface area contributed by atoms with Crippen molar-refractivity contribution in [2.75, 3.05) is 10.9 Å². The highest BCUT2D eigenvalue weighted by Crippen LogP contribution is 2.24. The van der Waals surface area contributed by atoms with Gasteiger partial charge in [-0.15, -0.1) is 25.3 Å². The summed E-state index contributed by atoms with van der Waals surface area (Å²) in [7, 11) is 0. The maximum Gasteiger partial charge on any atom is 0.251 e. The minimum atomic E-state index is -0.920. The molecule has 0 spiro atoms. The third-order valence-corrected chi connectivity index (χ3v) is 5.56. The summed E-state index contributed by atoms with van der Waals surface area (Å²) in [5, 5.41) is 4.94. The monoisotopic (exact) mass is 410 g/mol. The van der Waals surface area contributed by atoms with E-state index < -0.39 is 17.7 Å². The van der Waals surface area contributed by atoms with Gasteiger partial charge in [0.1, 0.15) is 16.0 Å². The number of rotatable bonds is 4. The minimum absolute atomic E-state index is 0.439. The molecule has 0 atom stereocenters. The number of nitrogens with zero attached hydrogens (tertiary/aromatic N) is 2. The zero-order chi connectivity index (χ0) is 19.8. The Hall–Kier alpha value is -2.84. The predicted molar refractivity (Wildman–Crippen MR) is 116 cm³/mol. The van der Waals surface area contributed by atoms with Crippen molar-refractivity contribution in [2.45, 2.75) is 17.0 Å². The number of thiol groups is 2. The van der Waals surface area contributed by atoms with Gasteiger partial charge in [0.2, 0.25) is 0 Å². The summed E-state index contributed by atoms with van der Waals surface area (Å²) in [6.07, 6.45) is 3.54. The smallest absolute Gasteiger partial charge is 0.251 e. The van der Waals surface area contributed by atoms with Gasteiger partial charge in [-0.3, -0.25) is 29.8 Å². The highest BCUT2D eigenvalue weighted by atomic mass is 32.1. The zero-order valence-electron chi connectivity index (χ0n) is 15.0. The number of benzene rings is 2. The molecule has 6 nitrogen and oxygen atoms in total. The Morgan fingerprint density at radius 2 is 1.18 bits per heavy atom. The average molecular weight is 411 g/mol. The number of aromatic nitrogens is 2. The van der Waals surface area contributed by atoms with Crippen molar-refractivity contribution in [2.24, 2.45) is 5.92 Å². The first-order valence-corrected chi connectivity index (χ1v) is 9.55. The Kier molecular flexibility index (Phi) is 4.82. The molecule has 0 aliphatic rings. The van der Waals surface area contributed by atoms with E-state index in [-0.39, 0.29) is 0 Å².